The van der Waals surface area contributed by atoms with Crippen LogP contribution in [0.2, 0.25) is 0 Å². The van der Waals surface area contributed by atoms with Crippen LogP contribution in [0, 0.1) is 5.92 Å². The molecule has 3 rings (SSSR count). The van der Waals surface area contributed by atoms with Crippen LogP contribution in [0.1, 0.15) is 37.7 Å². The van der Waals surface area contributed by atoms with Gasteiger partial charge in [0.15, 0.2) is 18.1 Å². The fraction of sp³-hybridized carbons (Fsp3) is 0.476. The van der Waals surface area contributed by atoms with Gasteiger partial charge in [-0.1, -0.05) is 19.3 Å². The van der Waals surface area contributed by atoms with Crippen molar-refractivity contribution in [1.82, 2.24) is 4.90 Å². The lowest BCUT2D eigenvalue weighted by Crippen LogP contribution is -2.34. The minimum atomic E-state index is -0.514. The summed E-state index contributed by atoms with van der Waals surface area (Å²) in [5.74, 6) is 0.370. The average molecular weight is 498 g/mol. The standard InChI is InChI=1S/C21H24BrNO6S/c1-27-16-9-14(8-15(22)19(16)29-12-18(24)28-2)10-17-20(25)23(21(26)30-17)11-13-6-4-3-5-7-13/h8-10,13H,3-7,11-12H2,1-2H3/b17-10+. The molecule has 1 saturated heterocycles. The molecule has 0 aromatic heterocycles. The first-order chi connectivity index (χ1) is 14.4. The van der Waals surface area contributed by atoms with Gasteiger partial charge in [0.2, 0.25) is 0 Å². The topological polar surface area (TPSA) is 82.1 Å². The highest BCUT2D eigenvalue weighted by Crippen LogP contribution is 2.39. The Morgan fingerprint density at radius 2 is 1.97 bits per heavy atom. The maximum absolute atomic E-state index is 12.8. The highest BCUT2D eigenvalue weighted by atomic mass is 79.9. The van der Waals surface area contributed by atoms with Gasteiger partial charge in [-0.2, -0.15) is 0 Å². The second kappa shape index (κ2) is 10.3. The molecule has 1 aromatic carbocycles. The van der Waals surface area contributed by atoms with Crippen molar-refractivity contribution in [2.24, 2.45) is 5.92 Å². The molecule has 2 aliphatic rings. The third kappa shape index (κ3) is 5.37. The van der Waals surface area contributed by atoms with Crippen LogP contribution in [0.25, 0.3) is 6.08 Å². The molecular weight excluding hydrogens is 474 g/mol. The molecule has 0 atom stereocenters. The summed E-state index contributed by atoms with van der Waals surface area (Å²) in [7, 11) is 2.76. The monoisotopic (exact) mass is 497 g/mol. The Balaban J connectivity index is 1.77. The van der Waals surface area contributed by atoms with Gasteiger partial charge in [0.1, 0.15) is 0 Å². The van der Waals surface area contributed by atoms with Gasteiger partial charge in [-0.25, -0.2) is 4.79 Å². The van der Waals surface area contributed by atoms with Crippen LogP contribution in [0.4, 0.5) is 4.79 Å². The molecule has 9 heteroatoms. The molecule has 1 saturated carbocycles. The summed E-state index contributed by atoms with van der Waals surface area (Å²) in [5, 5.41) is -0.221. The number of ether oxygens (including phenoxy) is 3. The maximum atomic E-state index is 12.8. The lowest BCUT2D eigenvalue weighted by Gasteiger charge is -2.25. The van der Waals surface area contributed by atoms with E-state index in [-0.39, 0.29) is 17.8 Å². The Bertz CT molecular complexity index is 865. The molecule has 0 spiro atoms. The predicted octanol–water partition coefficient (Wildman–Crippen LogP) is 4.63. The lowest BCUT2D eigenvalue weighted by atomic mass is 9.89. The first-order valence-corrected chi connectivity index (χ1v) is 11.4. The van der Waals surface area contributed by atoms with Crippen LogP contribution in [-0.2, 0) is 14.3 Å². The lowest BCUT2D eigenvalue weighted by molar-refractivity contribution is -0.143. The highest BCUT2D eigenvalue weighted by molar-refractivity contribution is 9.10. The summed E-state index contributed by atoms with van der Waals surface area (Å²) in [6.45, 7) is 0.236. The number of carbonyl (C=O) groups is 3. The summed E-state index contributed by atoms with van der Waals surface area (Å²) in [6.07, 6.45) is 7.36. The Hall–Kier alpha value is -2.00. The van der Waals surface area contributed by atoms with Crippen molar-refractivity contribution in [2.45, 2.75) is 32.1 Å². The molecule has 1 heterocycles. The Labute approximate surface area is 188 Å². The zero-order valence-electron chi connectivity index (χ0n) is 16.9. The van der Waals surface area contributed by atoms with Gasteiger partial charge in [0, 0.05) is 6.54 Å². The highest BCUT2D eigenvalue weighted by Gasteiger charge is 2.36. The summed E-state index contributed by atoms with van der Waals surface area (Å²) in [6, 6.07) is 3.43. The number of amides is 2. The van der Waals surface area contributed by atoms with Crippen molar-refractivity contribution < 1.29 is 28.6 Å². The zero-order chi connectivity index (χ0) is 21.7. The van der Waals surface area contributed by atoms with Crippen LogP contribution in [0.3, 0.4) is 0 Å². The van der Waals surface area contributed by atoms with E-state index < -0.39 is 5.97 Å². The van der Waals surface area contributed by atoms with E-state index in [1.807, 2.05) is 0 Å². The zero-order valence-corrected chi connectivity index (χ0v) is 19.3. The van der Waals surface area contributed by atoms with Crippen LogP contribution in [0.5, 0.6) is 11.5 Å². The number of thioether (sulfide) groups is 1. The summed E-state index contributed by atoms with van der Waals surface area (Å²) < 4.78 is 16.0. The first kappa shape index (κ1) is 22.7. The predicted molar refractivity (Wildman–Crippen MR) is 117 cm³/mol. The van der Waals surface area contributed by atoms with Crippen LogP contribution in [-0.4, -0.2) is 49.4 Å². The maximum Gasteiger partial charge on any atom is 0.343 e. The van der Waals surface area contributed by atoms with Gasteiger partial charge in [0.25, 0.3) is 11.1 Å². The summed E-state index contributed by atoms with van der Waals surface area (Å²) in [5.41, 5.74) is 0.673. The Morgan fingerprint density at radius 3 is 2.63 bits per heavy atom. The number of imide groups is 1. The van der Waals surface area contributed by atoms with E-state index in [9.17, 15) is 14.4 Å². The summed E-state index contributed by atoms with van der Waals surface area (Å²) in [4.78, 5) is 38.3. The van der Waals surface area contributed by atoms with Crippen molar-refractivity contribution in [1.29, 1.82) is 0 Å². The average Bonchev–Trinajstić information content (AvgIpc) is 3.00. The largest absolute Gasteiger partial charge is 0.493 e. The molecule has 7 nitrogen and oxygen atoms in total. The molecule has 162 valence electrons. The van der Waals surface area contributed by atoms with Crippen LogP contribution < -0.4 is 9.47 Å². The van der Waals surface area contributed by atoms with Crippen molar-refractivity contribution in [2.75, 3.05) is 27.4 Å². The third-order valence-electron chi connectivity index (χ3n) is 5.15. The number of nitrogens with zero attached hydrogens (tertiary/aromatic N) is 1. The van der Waals surface area contributed by atoms with E-state index in [1.54, 1.807) is 18.2 Å². The molecule has 0 bridgehead atoms. The molecule has 30 heavy (non-hydrogen) atoms. The second-order valence-electron chi connectivity index (χ2n) is 7.20. The second-order valence-corrected chi connectivity index (χ2v) is 9.04. The fourth-order valence-electron chi connectivity index (χ4n) is 3.59. The van der Waals surface area contributed by atoms with Crippen LogP contribution >= 0.6 is 27.7 Å². The minimum absolute atomic E-state index is 0.221. The Kier molecular flexibility index (Phi) is 7.82. The number of benzene rings is 1. The molecule has 0 radical (unpaired) electrons. The van der Waals surface area contributed by atoms with E-state index >= 15 is 0 Å². The molecule has 1 aliphatic carbocycles. The van der Waals surface area contributed by atoms with Crippen molar-refractivity contribution in [3.8, 4) is 11.5 Å². The van der Waals surface area contributed by atoms with E-state index in [0.717, 1.165) is 37.4 Å². The van der Waals surface area contributed by atoms with Gasteiger partial charge >= 0.3 is 5.97 Å². The molecule has 1 aromatic rings. The van der Waals surface area contributed by atoms with Crippen LogP contribution in [0.15, 0.2) is 21.5 Å². The molecular formula is C21H24BrNO6S. The van der Waals surface area contributed by atoms with Crippen molar-refractivity contribution >= 4 is 50.9 Å². The van der Waals surface area contributed by atoms with E-state index in [2.05, 4.69) is 20.7 Å². The minimum Gasteiger partial charge on any atom is -0.493 e. The van der Waals surface area contributed by atoms with E-state index in [0.29, 0.717) is 38.9 Å². The number of esters is 1. The SMILES string of the molecule is COC(=O)COc1c(Br)cc(/C=C2/SC(=O)N(CC3CCCCC3)C2=O)cc1OC. The normalized spacial score (nSPS) is 18.8. The quantitative estimate of drug-likeness (QED) is 0.401. The molecule has 2 fully saturated rings. The molecule has 1 aliphatic heterocycles. The van der Waals surface area contributed by atoms with Gasteiger partial charge in [-0.3, -0.25) is 14.5 Å². The van der Waals surface area contributed by atoms with Gasteiger partial charge in [-0.15, -0.1) is 0 Å². The van der Waals surface area contributed by atoms with Gasteiger partial charge < -0.3 is 14.2 Å². The number of hydrogen-bond acceptors (Lipinski definition) is 7. The number of carbonyl (C=O) groups excluding carboxylic acids is 3. The molecule has 2 amide bonds. The van der Waals surface area contributed by atoms with Gasteiger partial charge in [-0.05, 0) is 70.2 Å². The molecule has 0 N–H and O–H groups in total. The number of hydrogen-bond donors (Lipinski definition) is 0. The molecule has 0 unspecified atom stereocenters. The van der Waals surface area contributed by atoms with Gasteiger partial charge in [0.05, 0.1) is 23.6 Å². The summed E-state index contributed by atoms with van der Waals surface area (Å²) >= 11 is 4.37. The van der Waals surface area contributed by atoms with Crippen molar-refractivity contribution in [3.05, 3.63) is 27.1 Å². The van der Waals surface area contributed by atoms with E-state index in [1.165, 1.54) is 25.5 Å². The smallest absolute Gasteiger partial charge is 0.343 e. The Morgan fingerprint density at radius 1 is 1.23 bits per heavy atom. The number of rotatable bonds is 7. The van der Waals surface area contributed by atoms with E-state index in [4.69, 9.17) is 9.47 Å². The number of halogens is 1. The fourth-order valence-corrected chi connectivity index (χ4v) is 5.01. The number of methoxy groups -OCH3 is 2. The van der Waals surface area contributed by atoms with Crippen molar-refractivity contribution in [3.63, 3.8) is 0 Å². The third-order valence-corrected chi connectivity index (χ3v) is 6.65. The first-order valence-electron chi connectivity index (χ1n) is 9.75.